The smallest absolute Gasteiger partial charge is 0.422 e. The molecule has 0 radical (unpaired) electrons. The zero-order chi connectivity index (χ0) is 25.6. The number of nitrogens with two attached hydrogens (primary N) is 1. The molecule has 1 aromatic heterocycles. The predicted molar refractivity (Wildman–Crippen MR) is 119 cm³/mol. The van der Waals surface area contributed by atoms with Gasteiger partial charge in [0.25, 0.3) is 0 Å². The third kappa shape index (κ3) is 5.13. The molecule has 3 atom stereocenters. The van der Waals surface area contributed by atoms with Crippen LogP contribution >= 0.6 is 11.8 Å². The van der Waals surface area contributed by atoms with Gasteiger partial charge in [0.1, 0.15) is 11.4 Å². The van der Waals surface area contributed by atoms with Crippen LogP contribution in [0.5, 0.6) is 5.75 Å². The van der Waals surface area contributed by atoms with Crippen LogP contribution in [0, 0.1) is 17.6 Å². The van der Waals surface area contributed by atoms with Crippen molar-refractivity contribution in [1.82, 2.24) is 4.98 Å². The number of methoxy groups -OCH3 is 1. The first-order chi connectivity index (χ1) is 16.4. The zero-order valence-electron chi connectivity index (χ0n) is 18.8. The van der Waals surface area contributed by atoms with Crippen LogP contribution in [0.2, 0.25) is 0 Å². The average Bonchev–Trinajstić information content (AvgIpc) is 3.49. The number of carbonyl (C=O) groups is 1. The Hall–Kier alpha value is -2.73. The first-order valence-corrected chi connectivity index (χ1v) is 11.4. The van der Waals surface area contributed by atoms with Gasteiger partial charge in [-0.2, -0.15) is 13.2 Å². The Labute approximate surface area is 202 Å². The van der Waals surface area contributed by atoms with E-state index in [9.17, 15) is 26.7 Å². The Kier molecular flexibility index (Phi) is 6.56. The van der Waals surface area contributed by atoms with E-state index >= 15 is 0 Å². The molecule has 4 rings (SSSR count). The summed E-state index contributed by atoms with van der Waals surface area (Å²) in [6.45, 7) is 0.577. The Morgan fingerprint density at radius 1 is 1.29 bits per heavy atom. The summed E-state index contributed by atoms with van der Waals surface area (Å²) in [4.78, 5) is 21.0. The Balaban J connectivity index is 1.56. The molecule has 2 aromatic rings. The largest absolute Gasteiger partial charge is 0.483 e. The number of alkyl halides is 3. The van der Waals surface area contributed by atoms with Gasteiger partial charge >= 0.3 is 6.18 Å². The van der Waals surface area contributed by atoms with Crippen molar-refractivity contribution in [2.45, 2.75) is 36.2 Å². The summed E-state index contributed by atoms with van der Waals surface area (Å²) >= 11 is 1.36. The normalized spacial score (nSPS) is 25.6. The minimum atomic E-state index is -4.51. The molecule has 0 saturated heterocycles. The van der Waals surface area contributed by atoms with Crippen molar-refractivity contribution in [2.75, 3.05) is 20.3 Å². The van der Waals surface area contributed by atoms with E-state index in [1.807, 2.05) is 0 Å². The molecule has 0 bridgehead atoms. The van der Waals surface area contributed by atoms with Crippen molar-refractivity contribution in [1.29, 1.82) is 0 Å². The SMILES string of the molecule is COC[C@]12C[C@H]1[C@@](C)(c1cc(CC(=O)c3ccc(OCC(F)(F)F)cn3)cc(F)c1F)N=C(N)S2. The van der Waals surface area contributed by atoms with Crippen molar-refractivity contribution in [3.05, 3.63) is 58.9 Å². The second-order valence-electron chi connectivity index (χ2n) is 8.78. The highest BCUT2D eigenvalue weighted by molar-refractivity contribution is 8.15. The van der Waals surface area contributed by atoms with Crippen molar-refractivity contribution < 1.29 is 36.2 Å². The van der Waals surface area contributed by atoms with Gasteiger partial charge in [-0.25, -0.2) is 13.8 Å². The third-order valence-electron chi connectivity index (χ3n) is 6.16. The number of nitrogens with zero attached hydrogens (tertiary/aromatic N) is 2. The fraction of sp³-hybridized carbons (Fsp3) is 0.435. The fourth-order valence-electron chi connectivity index (χ4n) is 4.52. The van der Waals surface area contributed by atoms with E-state index in [-0.39, 0.29) is 44.8 Å². The molecule has 2 aliphatic rings. The van der Waals surface area contributed by atoms with Gasteiger partial charge in [-0.05, 0) is 43.2 Å². The lowest BCUT2D eigenvalue weighted by molar-refractivity contribution is -0.153. The highest BCUT2D eigenvalue weighted by atomic mass is 32.2. The average molecular weight is 516 g/mol. The van der Waals surface area contributed by atoms with Gasteiger partial charge in [0.15, 0.2) is 29.2 Å². The van der Waals surface area contributed by atoms with E-state index < -0.39 is 35.7 Å². The predicted octanol–water partition coefficient (Wildman–Crippen LogP) is 4.41. The lowest BCUT2D eigenvalue weighted by Gasteiger charge is -2.34. The number of Topliss-reactive ketones (excluding diaryl/α,β-unsaturated/α-hetero) is 1. The Morgan fingerprint density at radius 3 is 2.66 bits per heavy atom. The maximum atomic E-state index is 15.0. The number of ether oxygens (including phenoxy) is 2. The number of hydrogen-bond donors (Lipinski definition) is 1. The lowest BCUT2D eigenvalue weighted by atomic mass is 9.84. The van der Waals surface area contributed by atoms with Crippen LogP contribution in [-0.4, -0.2) is 47.2 Å². The van der Waals surface area contributed by atoms with E-state index in [0.29, 0.717) is 13.0 Å². The van der Waals surface area contributed by atoms with Gasteiger partial charge in [-0.15, -0.1) is 0 Å². The van der Waals surface area contributed by atoms with Crippen molar-refractivity contribution in [2.24, 2.45) is 16.6 Å². The van der Waals surface area contributed by atoms with E-state index in [1.54, 1.807) is 14.0 Å². The molecule has 0 unspecified atom stereocenters. The van der Waals surface area contributed by atoms with Crippen LogP contribution in [0.25, 0.3) is 0 Å². The quantitative estimate of drug-likeness (QED) is 0.414. The van der Waals surface area contributed by atoms with Gasteiger partial charge < -0.3 is 15.2 Å². The number of carbonyl (C=O) groups excluding carboxylic acids is 1. The molecule has 35 heavy (non-hydrogen) atoms. The molecule has 2 N–H and O–H groups in total. The molecule has 1 fully saturated rings. The first kappa shape index (κ1) is 25.4. The topological polar surface area (TPSA) is 86.8 Å². The van der Waals surface area contributed by atoms with Crippen LogP contribution in [0.3, 0.4) is 0 Å². The van der Waals surface area contributed by atoms with E-state index in [0.717, 1.165) is 12.3 Å². The minimum Gasteiger partial charge on any atom is -0.483 e. The lowest BCUT2D eigenvalue weighted by Crippen LogP contribution is -2.38. The summed E-state index contributed by atoms with van der Waals surface area (Å²) in [7, 11) is 1.56. The number of amidine groups is 1. The zero-order valence-corrected chi connectivity index (χ0v) is 19.6. The van der Waals surface area contributed by atoms with Crippen LogP contribution in [0.4, 0.5) is 22.0 Å². The molecule has 1 aliphatic heterocycles. The molecule has 188 valence electrons. The summed E-state index contributed by atoms with van der Waals surface area (Å²) in [5.41, 5.74) is 5.02. The van der Waals surface area contributed by atoms with Crippen LogP contribution in [-0.2, 0) is 16.7 Å². The molecular formula is C23H22F5N3O3S. The number of aliphatic imine (C=N–C) groups is 1. The summed E-state index contributed by atoms with van der Waals surface area (Å²) in [5.74, 6) is -3.01. The summed E-state index contributed by atoms with van der Waals surface area (Å²) in [6.07, 6.45) is -3.16. The number of halogens is 5. The van der Waals surface area contributed by atoms with Crippen molar-refractivity contribution in [3.63, 3.8) is 0 Å². The number of pyridine rings is 1. The summed E-state index contributed by atoms with van der Waals surface area (Å²) in [5, 5.41) is 0.247. The standard InChI is InChI=1S/C23H22F5N3O3S/c1-21(18-8-22(18,10-33-2)35-20(29)31-21)14-5-12(6-15(24)19(14)25)7-17(32)16-4-3-13(9-30-16)34-11-23(26,27)28/h3-6,9,18H,7-8,10-11H2,1-2H3,(H2,29,31)/t18-,21+,22+/m0/s1. The molecule has 6 nitrogen and oxygen atoms in total. The maximum absolute atomic E-state index is 15.0. The molecule has 0 amide bonds. The number of thioether (sulfide) groups is 1. The fourth-order valence-corrected chi connectivity index (χ4v) is 5.97. The number of hydrogen-bond acceptors (Lipinski definition) is 7. The van der Waals surface area contributed by atoms with Gasteiger partial charge in [-0.1, -0.05) is 11.8 Å². The van der Waals surface area contributed by atoms with Crippen LogP contribution in [0.15, 0.2) is 35.5 Å². The second-order valence-corrected chi connectivity index (χ2v) is 10.2. The molecule has 0 spiro atoms. The number of benzene rings is 1. The molecule has 2 heterocycles. The van der Waals surface area contributed by atoms with Gasteiger partial charge in [0.05, 0.1) is 23.1 Å². The van der Waals surface area contributed by atoms with Gasteiger partial charge in [0, 0.05) is 25.0 Å². The van der Waals surface area contributed by atoms with Gasteiger partial charge in [0.2, 0.25) is 0 Å². The Bertz CT molecular complexity index is 1170. The van der Waals surface area contributed by atoms with E-state index in [4.69, 9.17) is 10.5 Å². The van der Waals surface area contributed by atoms with Crippen molar-refractivity contribution in [3.8, 4) is 5.75 Å². The second kappa shape index (κ2) is 9.05. The number of rotatable bonds is 8. The van der Waals surface area contributed by atoms with E-state index in [2.05, 4.69) is 14.7 Å². The molecule has 12 heteroatoms. The maximum Gasteiger partial charge on any atom is 0.422 e. The summed E-state index contributed by atoms with van der Waals surface area (Å²) in [6, 6.07) is 4.73. The molecular weight excluding hydrogens is 493 g/mol. The van der Waals surface area contributed by atoms with Crippen molar-refractivity contribution >= 4 is 22.7 Å². The summed E-state index contributed by atoms with van der Waals surface area (Å²) < 4.78 is 75.9. The van der Waals surface area contributed by atoms with Crippen LogP contribution < -0.4 is 10.5 Å². The number of fused-ring (bicyclic) bond motifs is 1. The highest BCUT2D eigenvalue weighted by Crippen LogP contribution is 2.66. The van der Waals surface area contributed by atoms with Gasteiger partial charge in [-0.3, -0.25) is 9.79 Å². The Morgan fingerprint density at radius 2 is 2.03 bits per heavy atom. The number of aromatic nitrogens is 1. The van der Waals surface area contributed by atoms with E-state index in [1.165, 1.54) is 30.0 Å². The molecule has 1 aliphatic carbocycles. The number of ketones is 1. The van der Waals surface area contributed by atoms with Crippen LogP contribution in [0.1, 0.15) is 35.0 Å². The highest BCUT2D eigenvalue weighted by Gasteiger charge is 2.66. The monoisotopic (exact) mass is 515 g/mol. The molecule has 1 aromatic carbocycles. The third-order valence-corrected chi connectivity index (χ3v) is 7.44. The molecule has 1 saturated carbocycles. The minimum absolute atomic E-state index is 0.00427. The first-order valence-electron chi connectivity index (χ1n) is 10.6.